The molecule has 0 atom stereocenters. The summed E-state index contributed by atoms with van der Waals surface area (Å²) in [6, 6.07) is 6.97. The molecule has 23 heavy (non-hydrogen) atoms. The third-order valence-corrected chi connectivity index (χ3v) is 7.13. The van der Waals surface area contributed by atoms with Gasteiger partial charge in [-0.05, 0) is 86.9 Å². The number of nitrogens with two attached hydrogens (primary N) is 1. The van der Waals surface area contributed by atoms with Gasteiger partial charge in [0.25, 0.3) is 0 Å². The summed E-state index contributed by atoms with van der Waals surface area (Å²) in [6.45, 7) is 0.973. The number of benzene rings is 1. The van der Waals surface area contributed by atoms with E-state index in [2.05, 4.69) is 5.32 Å². The van der Waals surface area contributed by atoms with Gasteiger partial charge in [-0.25, -0.2) is 13.6 Å². The van der Waals surface area contributed by atoms with E-state index in [9.17, 15) is 8.42 Å². The van der Waals surface area contributed by atoms with Gasteiger partial charge in [0, 0.05) is 5.54 Å². The van der Waals surface area contributed by atoms with Crippen LogP contribution in [0.25, 0.3) is 0 Å². The Kier molecular flexibility index (Phi) is 3.78. The number of hydrogen-bond donors (Lipinski definition) is 2. The molecule has 5 heteroatoms. The topological polar surface area (TPSA) is 72.2 Å². The van der Waals surface area contributed by atoms with E-state index in [0.717, 1.165) is 36.3 Å². The van der Waals surface area contributed by atoms with Crippen LogP contribution in [-0.2, 0) is 16.4 Å². The summed E-state index contributed by atoms with van der Waals surface area (Å²) in [6.07, 6.45) is 9.44. The van der Waals surface area contributed by atoms with Gasteiger partial charge in [-0.2, -0.15) is 0 Å². The second kappa shape index (κ2) is 5.57. The Hall–Kier alpha value is -0.910. The number of hydrogen-bond acceptors (Lipinski definition) is 3. The summed E-state index contributed by atoms with van der Waals surface area (Å²) in [5, 5.41) is 9.01. The number of primary sulfonamides is 1. The predicted octanol–water partition coefficient (Wildman–Crippen LogP) is 2.43. The molecule has 4 saturated carbocycles. The Morgan fingerprint density at radius 1 is 1.00 bits per heavy atom. The predicted molar refractivity (Wildman–Crippen MR) is 90.4 cm³/mol. The van der Waals surface area contributed by atoms with Gasteiger partial charge in [-0.3, -0.25) is 0 Å². The van der Waals surface area contributed by atoms with Crippen LogP contribution in [-0.4, -0.2) is 20.5 Å². The first-order valence-corrected chi connectivity index (χ1v) is 10.3. The lowest BCUT2D eigenvalue weighted by Crippen LogP contribution is -2.58. The molecule has 0 spiro atoms. The smallest absolute Gasteiger partial charge is 0.238 e. The van der Waals surface area contributed by atoms with Crippen LogP contribution < -0.4 is 10.5 Å². The molecule has 0 aliphatic heterocycles. The van der Waals surface area contributed by atoms with Crippen molar-refractivity contribution in [3.05, 3.63) is 29.8 Å². The van der Waals surface area contributed by atoms with Crippen molar-refractivity contribution in [3.8, 4) is 0 Å². The standard InChI is InChI=1S/C18H26N2O2S/c19-23(21,22)17-3-1-13(2-4-17)5-6-20-18-10-14-7-15(11-18)9-16(8-14)12-18/h1-4,14-16,20H,5-12H2,(H2,19,21,22). The van der Waals surface area contributed by atoms with E-state index in [-0.39, 0.29) is 4.90 Å². The van der Waals surface area contributed by atoms with Crippen molar-refractivity contribution in [2.24, 2.45) is 22.9 Å². The van der Waals surface area contributed by atoms with E-state index in [1.54, 1.807) is 12.1 Å². The fourth-order valence-electron chi connectivity index (χ4n) is 5.64. The van der Waals surface area contributed by atoms with Crippen LogP contribution in [0.5, 0.6) is 0 Å². The van der Waals surface area contributed by atoms with Gasteiger partial charge in [0.15, 0.2) is 0 Å². The molecule has 0 saturated heterocycles. The first-order chi connectivity index (χ1) is 10.9. The second-order valence-corrected chi connectivity index (χ2v) is 9.63. The zero-order valence-corrected chi connectivity index (χ0v) is 14.3. The van der Waals surface area contributed by atoms with E-state index < -0.39 is 10.0 Å². The molecular weight excluding hydrogens is 308 g/mol. The van der Waals surface area contributed by atoms with Crippen molar-refractivity contribution >= 4 is 10.0 Å². The molecule has 0 aromatic heterocycles. The van der Waals surface area contributed by atoms with Crippen LogP contribution in [0, 0.1) is 17.8 Å². The summed E-state index contributed by atoms with van der Waals surface area (Å²) in [5.74, 6) is 2.88. The number of sulfonamides is 1. The molecule has 1 aromatic rings. The van der Waals surface area contributed by atoms with Gasteiger partial charge in [0.2, 0.25) is 10.0 Å². The van der Waals surface area contributed by atoms with Gasteiger partial charge in [-0.15, -0.1) is 0 Å². The van der Waals surface area contributed by atoms with Crippen molar-refractivity contribution in [1.29, 1.82) is 0 Å². The Morgan fingerprint density at radius 2 is 1.52 bits per heavy atom. The zero-order valence-electron chi connectivity index (χ0n) is 13.5. The molecule has 4 aliphatic carbocycles. The molecule has 0 unspecified atom stereocenters. The molecule has 126 valence electrons. The summed E-state index contributed by atoms with van der Waals surface area (Å²) in [4.78, 5) is 0.190. The molecular formula is C18H26N2O2S. The van der Waals surface area contributed by atoms with Crippen LogP contribution >= 0.6 is 0 Å². The maximum atomic E-state index is 11.3. The van der Waals surface area contributed by atoms with Crippen molar-refractivity contribution in [3.63, 3.8) is 0 Å². The summed E-state index contributed by atoms with van der Waals surface area (Å²) in [5.41, 5.74) is 1.56. The molecule has 4 aliphatic rings. The van der Waals surface area contributed by atoms with Crippen LogP contribution in [0.3, 0.4) is 0 Å². The summed E-state index contributed by atoms with van der Waals surface area (Å²) < 4.78 is 22.6. The molecule has 4 bridgehead atoms. The van der Waals surface area contributed by atoms with Crippen molar-refractivity contribution < 1.29 is 8.42 Å². The Balaban J connectivity index is 1.35. The lowest BCUT2D eigenvalue weighted by molar-refractivity contribution is -0.0192. The van der Waals surface area contributed by atoms with Gasteiger partial charge in [0.1, 0.15) is 0 Å². The maximum Gasteiger partial charge on any atom is 0.238 e. The Morgan fingerprint density at radius 3 is 2.00 bits per heavy atom. The molecule has 0 amide bonds. The zero-order chi connectivity index (χ0) is 16.1. The largest absolute Gasteiger partial charge is 0.311 e. The normalized spacial score (nSPS) is 35.6. The minimum Gasteiger partial charge on any atom is -0.311 e. The minimum atomic E-state index is -3.59. The lowest BCUT2D eigenvalue weighted by Gasteiger charge is -2.57. The van der Waals surface area contributed by atoms with Crippen molar-refractivity contribution in [2.45, 2.75) is 55.4 Å². The van der Waals surface area contributed by atoms with E-state index in [0.29, 0.717) is 5.54 Å². The van der Waals surface area contributed by atoms with E-state index in [4.69, 9.17) is 5.14 Å². The average molecular weight is 334 g/mol. The number of rotatable bonds is 5. The van der Waals surface area contributed by atoms with Crippen LogP contribution in [0.1, 0.15) is 44.1 Å². The SMILES string of the molecule is NS(=O)(=O)c1ccc(CCNC23CC4CC(CC(C4)C2)C3)cc1. The van der Waals surface area contributed by atoms with Gasteiger partial charge in [0.05, 0.1) is 4.90 Å². The third-order valence-electron chi connectivity index (χ3n) is 6.20. The van der Waals surface area contributed by atoms with Crippen LogP contribution in [0.2, 0.25) is 0 Å². The van der Waals surface area contributed by atoms with E-state index in [1.165, 1.54) is 38.5 Å². The first kappa shape index (κ1) is 15.6. The highest BCUT2D eigenvalue weighted by atomic mass is 32.2. The molecule has 1 aromatic carbocycles. The minimum absolute atomic E-state index is 0.190. The molecule has 4 fully saturated rings. The lowest BCUT2D eigenvalue weighted by atomic mass is 9.53. The molecule has 0 heterocycles. The summed E-state index contributed by atoms with van der Waals surface area (Å²) >= 11 is 0. The van der Waals surface area contributed by atoms with E-state index in [1.807, 2.05) is 12.1 Å². The quantitative estimate of drug-likeness (QED) is 0.869. The highest BCUT2D eigenvalue weighted by molar-refractivity contribution is 7.89. The van der Waals surface area contributed by atoms with Crippen LogP contribution in [0.15, 0.2) is 29.2 Å². The average Bonchev–Trinajstić information content (AvgIpc) is 2.45. The highest BCUT2D eigenvalue weighted by Gasteiger charge is 2.50. The van der Waals surface area contributed by atoms with Crippen molar-refractivity contribution in [1.82, 2.24) is 5.32 Å². The monoisotopic (exact) mass is 334 g/mol. The van der Waals surface area contributed by atoms with Crippen molar-refractivity contribution in [2.75, 3.05) is 6.54 Å². The molecule has 4 nitrogen and oxygen atoms in total. The van der Waals surface area contributed by atoms with Crippen LogP contribution in [0.4, 0.5) is 0 Å². The second-order valence-electron chi connectivity index (χ2n) is 8.06. The third kappa shape index (κ3) is 3.19. The Labute approximate surface area is 138 Å². The Bertz CT molecular complexity index is 646. The fraction of sp³-hybridized carbons (Fsp3) is 0.667. The fourth-order valence-corrected chi connectivity index (χ4v) is 6.16. The molecule has 0 radical (unpaired) electrons. The molecule has 5 rings (SSSR count). The van der Waals surface area contributed by atoms with Gasteiger partial charge < -0.3 is 5.32 Å². The number of nitrogens with one attached hydrogen (secondary N) is 1. The first-order valence-electron chi connectivity index (χ1n) is 8.79. The van der Waals surface area contributed by atoms with Gasteiger partial charge >= 0.3 is 0 Å². The van der Waals surface area contributed by atoms with E-state index >= 15 is 0 Å². The summed E-state index contributed by atoms with van der Waals surface area (Å²) in [7, 11) is -3.59. The maximum absolute atomic E-state index is 11.3. The highest BCUT2D eigenvalue weighted by Crippen LogP contribution is 2.55. The van der Waals surface area contributed by atoms with Gasteiger partial charge in [-0.1, -0.05) is 12.1 Å². The molecule has 3 N–H and O–H groups in total.